The first-order chi connectivity index (χ1) is 18.9. The van der Waals surface area contributed by atoms with E-state index in [2.05, 4.69) is 16.8 Å². The number of nitrogens with zero attached hydrogens (tertiary/aromatic N) is 4. The summed E-state index contributed by atoms with van der Waals surface area (Å²) in [4.78, 5) is 23.0. The van der Waals surface area contributed by atoms with Gasteiger partial charge in [0.15, 0.2) is 11.5 Å². The van der Waals surface area contributed by atoms with Crippen molar-refractivity contribution in [1.29, 1.82) is 0 Å². The molecule has 2 fully saturated rings. The molecule has 0 spiro atoms. The monoisotopic (exact) mass is 572 g/mol. The lowest BCUT2D eigenvalue weighted by Crippen LogP contribution is -2.43. The van der Waals surface area contributed by atoms with Gasteiger partial charge in [-0.05, 0) is 56.6 Å². The molecule has 208 valence electrons. The summed E-state index contributed by atoms with van der Waals surface area (Å²) in [7, 11) is 2.13. The second kappa shape index (κ2) is 12.4. The van der Waals surface area contributed by atoms with Gasteiger partial charge in [0, 0.05) is 49.2 Å². The molecule has 1 saturated carbocycles. The van der Waals surface area contributed by atoms with E-state index in [0.29, 0.717) is 23.1 Å². The van der Waals surface area contributed by atoms with Crippen LogP contribution in [0.2, 0.25) is 10.0 Å². The SMILES string of the molecule is CCOC(=O)c1nc(C2CCCCC2)n(-c2cccc(Cl)c2F)c1-c1cc(Cl)ccc1CN1CCN(C)CC1. The zero-order chi connectivity index (χ0) is 27.5. The second-order valence-corrected chi connectivity index (χ2v) is 11.4. The highest BCUT2D eigenvalue weighted by molar-refractivity contribution is 6.31. The Morgan fingerprint density at radius 3 is 2.54 bits per heavy atom. The van der Waals surface area contributed by atoms with E-state index in [1.54, 1.807) is 19.1 Å². The van der Waals surface area contributed by atoms with Gasteiger partial charge in [-0.25, -0.2) is 14.2 Å². The summed E-state index contributed by atoms with van der Waals surface area (Å²) in [5.41, 5.74) is 2.69. The minimum atomic E-state index is -0.548. The molecule has 1 aliphatic carbocycles. The quantitative estimate of drug-likeness (QED) is 0.286. The number of ether oxygens (including phenoxy) is 1. The van der Waals surface area contributed by atoms with E-state index in [0.717, 1.165) is 69.4 Å². The average molecular weight is 574 g/mol. The van der Waals surface area contributed by atoms with Crippen LogP contribution in [-0.2, 0) is 11.3 Å². The molecule has 2 aliphatic rings. The molecular weight excluding hydrogens is 538 g/mol. The molecular formula is C30H35Cl2FN4O2. The molecule has 0 unspecified atom stereocenters. The largest absolute Gasteiger partial charge is 0.461 e. The van der Waals surface area contributed by atoms with Gasteiger partial charge in [0.2, 0.25) is 0 Å². The molecule has 1 aliphatic heterocycles. The number of carbonyl (C=O) groups is 1. The first kappa shape index (κ1) is 28.1. The third-order valence-electron chi connectivity index (χ3n) is 7.83. The van der Waals surface area contributed by atoms with Gasteiger partial charge < -0.3 is 9.64 Å². The molecule has 0 bridgehead atoms. The normalized spacial score (nSPS) is 17.5. The number of esters is 1. The summed E-state index contributed by atoms with van der Waals surface area (Å²) in [5, 5.41) is 0.545. The van der Waals surface area contributed by atoms with Crippen LogP contribution in [0.4, 0.5) is 4.39 Å². The number of carbonyl (C=O) groups excluding carboxylic acids is 1. The molecule has 6 nitrogen and oxygen atoms in total. The highest BCUT2D eigenvalue weighted by Gasteiger charge is 2.32. The second-order valence-electron chi connectivity index (χ2n) is 10.5. The molecule has 9 heteroatoms. The third-order valence-corrected chi connectivity index (χ3v) is 8.36. The number of hydrogen-bond donors (Lipinski definition) is 0. The van der Waals surface area contributed by atoms with Crippen molar-refractivity contribution in [3.8, 4) is 16.9 Å². The third kappa shape index (κ3) is 6.02. The Balaban J connectivity index is 1.75. The maximum absolute atomic E-state index is 15.7. The lowest BCUT2D eigenvalue weighted by Gasteiger charge is -2.33. The maximum Gasteiger partial charge on any atom is 0.359 e. The summed E-state index contributed by atoms with van der Waals surface area (Å²) in [6.45, 7) is 6.47. The fourth-order valence-corrected chi connectivity index (χ4v) is 6.07. The van der Waals surface area contributed by atoms with Crippen LogP contribution in [0.25, 0.3) is 16.9 Å². The van der Waals surface area contributed by atoms with Gasteiger partial charge in [0.05, 0.1) is 23.0 Å². The standard InChI is InChI=1S/C30H35Cl2FN4O2/c1-3-39-30(38)27-28(23-18-22(31)13-12-21(23)19-36-16-14-35(2)15-17-36)37(25-11-7-10-24(32)26(25)33)29(34-27)20-8-5-4-6-9-20/h7,10-13,18,20H,3-6,8-9,14-17,19H2,1-2H3. The molecule has 1 aromatic heterocycles. The van der Waals surface area contributed by atoms with E-state index < -0.39 is 11.8 Å². The molecule has 2 heterocycles. The fraction of sp³-hybridized carbons (Fsp3) is 0.467. The molecule has 0 radical (unpaired) electrons. The Morgan fingerprint density at radius 1 is 1.08 bits per heavy atom. The van der Waals surface area contributed by atoms with Crippen LogP contribution in [-0.4, -0.2) is 65.2 Å². The predicted octanol–water partition coefficient (Wildman–Crippen LogP) is 6.96. The summed E-state index contributed by atoms with van der Waals surface area (Å²) >= 11 is 12.9. The summed E-state index contributed by atoms with van der Waals surface area (Å²) < 4.78 is 23.0. The topological polar surface area (TPSA) is 50.6 Å². The van der Waals surface area contributed by atoms with Crippen molar-refractivity contribution >= 4 is 29.2 Å². The highest BCUT2D eigenvalue weighted by atomic mass is 35.5. The zero-order valence-electron chi connectivity index (χ0n) is 22.6. The fourth-order valence-electron chi connectivity index (χ4n) is 5.73. The van der Waals surface area contributed by atoms with E-state index >= 15 is 4.39 Å². The van der Waals surface area contributed by atoms with Crippen LogP contribution in [0, 0.1) is 5.82 Å². The van der Waals surface area contributed by atoms with Crippen LogP contribution in [0.15, 0.2) is 36.4 Å². The molecule has 0 atom stereocenters. The van der Waals surface area contributed by atoms with Gasteiger partial charge in [0.25, 0.3) is 0 Å². The smallest absolute Gasteiger partial charge is 0.359 e. The van der Waals surface area contributed by atoms with Crippen molar-refractivity contribution in [2.24, 2.45) is 0 Å². The Kier molecular flexibility index (Phi) is 8.92. The van der Waals surface area contributed by atoms with E-state index in [-0.39, 0.29) is 28.9 Å². The molecule has 3 aromatic rings. The summed E-state index contributed by atoms with van der Waals surface area (Å²) in [5.74, 6) is -0.331. The van der Waals surface area contributed by atoms with Crippen LogP contribution in [0.1, 0.15) is 66.8 Å². The summed E-state index contributed by atoms with van der Waals surface area (Å²) in [6.07, 6.45) is 5.12. The molecule has 0 N–H and O–H groups in total. The zero-order valence-corrected chi connectivity index (χ0v) is 24.1. The Labute approximate surface area is 239 Å². The number of aromatic nitrogens is 2. The lowest BCUT2D eigenvalue weighted by molar-refractivity contribution is 0.0520. The number of halogens is 3. The lowest BCUT2D eigenvalue weighted by atomic mass is 9.88. The van der Waals surface area contributed by atoms with E-state index in [9.17, 15) is 4.79 Å². The Morgan fingerprint density at radius 2 is 1.82 bits per heavy atom. The van der Waals surface area contributed by atoms with Gasteiger partial charge in [0.1, 0.15) is 5.82 Å². The van der Waals surface area contributed by atoms with Crippen molar-refractivity contribution in [1.82, 2.24) is 19.4 Å². The first-order valence-corrected chi connectivity index (χ1v) is 14.6. The molecule has 2 aromatic carbocycles. The van der Waals surface area contributed by atoms with Crippen LogP contribution < -0.4 is 0 Å². The van der Waals surface area contributed by atoms with Gasteiger partial charge >= 0.3 is 5.97 Å². The van der Waals surface area contributed by atoms with Gasteiger partial charge in [-0.1, -0.05) is 54.6 Å². The Hall–Kier alpha value is -2.45. The van der Waals surface area contributed by atoms with E-state index in [1.165, 1.54) is 6.07 Å². The first-order valence-electron chi connectivity index (χ1n) is 13.8. The van der Waals surface area contributed by atoms with Crippen molar-refractivity contribution in [2.75, 3.05) is 39.8 Å². The van der Waals surface area contributed by atoms with Crippen LogP contribution >= 0.6 is 23.2 Å². The molecule has 5 rings (SSSR count). The van der Waals surface area contributed by atoms with Gasteiger partial charge in [-0.3, -0.25) is 9.47 Å². The van der Waals surface area contributed by atoms with Gasteiger partial charge in [-0.2, -0.15) is 0 Å². The van der Waals surface area contributed by atoms with Crippen molar-refractivity contribution in [2.45, 2.75) is 51.5 Å². The number of rotatable bonds is 7. The predicted molar refractivity (Wildman–Crippen MR) is 154 cm³/mol. The van der Waals surface area contributed by atoms with Crippen molar-refractivity contribution in [3.05, 3.63) is 69.3 Å². The van der Waals surface area contributed by atoms with Crippen molar-refractivity contribution in [3.63, 3.8) is 0 Å². The molecule has 39 heavy (non-hydrogen) atoms. The minimum Gasteiger partial charge on any atom is -0.461 e. The number of likely N-dealkylation sites (N-methyl/N-ethyl adjacent to an activating group) is 1. The number of imidazole rings is 1. The van der Waals surface area contributed by atoms with Gasteiger partial charge in [-0.15, -0.1) is 0 Å². The van der Waals surface area contributed by atoms with E-state index in [1.807, 2.05) is 22.8 Å². The van der Waals surface area contributed by atoms with Crippen LogP contribution in [0.3, 0.4) is 0 Å². The maximum atomic E-state index is 15.7. The molecule has 1 saturated heterocycles. The van der Waals surface area contributed by atoms with Crippen molar-refractivity contribution < 1.29 is 13.9 Å². The molecule has 0 amide bonds. The highest BCUT2D eigenvalue weighted by Crippen LogP contribution is 2.41. The number of piperazine rings is 1. The average Bonchev–Trinajstić information content (AvgIpc) is 3.33. The minimum absolute atomic E-state index is 0.0168. The number of benzene rings is 2. The Bertz CT molecular complexity index is 1330. The van der Waals surface area contributed by atoms with E-state index in [4.69, 9.17) is 32.9 Å². The number of hydrogen-bond acceptors (Lipinski definition) is 5. The summed E-state index contributed by atoms with van der Waals surface area (Å²) in [6, 6.07) is 10.7. The van der Waals surface area contributed by atoms with Crippen LogP contribution in [0.5, 0.6) is 0 Å².